The maximum atomic E-state index is 9.73. The lowest BCUT2D eigenvalue weighted by atomic mass is 10.0. The molecular formula is C28H20BrCl2NO2. The Morgan fingerprint density at radius 1 is 0.971 bits per heavy atom. The second-order valence-corrected chi connectivity index (χ2v) is 9.16. The van der Waals surface area contributed by atoms with Crippen LogP contribution in [0, 0.1) is 11.3 Å². The summed E-state index contributed by atoms with van der Waals surface area (Å²) in [5.74, 6) is 1.20. The number of nitrogens with zero attached hydrogens (tertiary/aromatic N) is 1. The molecule has 0 aliphatic heterocycles. The van der Waals surface area contributed by atoms with Gasteiger partial charge in [-0.15, -0.1) is 0 Å². The number of nitriles is 1. The number of fused-ring (bicyclic) bond motifs is 1. The Balaban J connectivity index is 1.66. The second kappa shape index (κ2) is 11.0. The van der Waals surface area contributed by atoms with Gasteiger partial charge in [-0.05, 0) is 80.7 Å². The molecule has 0 radical (unpaired) electrons. The Labute approximate surface area is 217 Å². The van der Waals surface area contributed by atoms with Crippen LogP contribution >= 0.6 is 39.1 Å². The van der Waals surface area contributed by atoms with Gasteiger partial charge in [0, 0.05) is 0 Å². The lowest BCUT2D eigenvalue weighted by molar-refractivity contribution is 0.268. The van der Waals surface area contributed by atoms with E-state index in [1.54, 1.807) is 24.3 Å². The van der Waals surface area contributed by atoms with Crippen LogP contribution in [0.15, 0.2) is 77.3 Å². The molecule has 0 spiro atoms. The highest BCUT2D eigenvalue weighted by Crippen LogP contribution is 2.39. The van der Waals surface area contributed by atoms with Gasteiger partial charge in [0.15, 0.2) is 11.5 Å². The number of ether oxygens (including phenoxy) is 2. The lowest BCUT2D eigenvalue weighted by Gasteiger charge is -2.16. The van der Waals surface area contributed by atoms with E-state index in [1.807, 2.05) is 37.3 Å². The maximum Gasteiger partial charge on any atom is 0.175 e. The van der Waals surface area contributed by atoms with Crippen LogP contribution in [0.4, 0.5) is 0 Å². The normalized spacial score (nSPS) is 11.3. The average Bonchev–Trinajstić information content (AvgIpc) is 2.84. The largest absolute Gasteiger partial charge is 0.490 e. The molecule has 0 aliphatic rings. The lowest BCUT2D eigenvalue weighted by Crippen LogP contribution is -2.01. The quantitative estimate of drug-likeness (QED) is 0.170. The molecule has 4 aromatic rings. The van der Waals surface area contributed by atoms with Crippen LogP contribution in [0.25, 0.3) is 22.4 Å². The van der Waals surface area contributed by atoms with Crippen molar-refractivity contribution in [2.75, 3.05) is 6.61 Å². The van der Waals surface area contributed by atoms with Crippen molar-refractivity contribution in [3.63, 3.8) is 0 Å². The van der Waals surface area contributed by atoms with Crippen molar-refractivity contribution in [3.05, 3.63) is 104 Å². The number of benzene rings is 4. The molecule has 34 heavy (non-hydrogen) atoms. The Bertz CT molecular complexity index is 1420. The molecule has 0 atom stereocenters. The zero-order valence-corrected chi connectivity index (χ0v) is 21.4. The van der Waals surface area contributed by atoms with E-state index < -0.39 is 0 Å². The van der Waals surface area contributed by atoms with Crippen LogP contribution in [-0.4, -0.2) is 6.61 Å². The van der Waals surface area contributed by atoms with Crippen molar-refractivity contribution in [1.29, 1.82) is 5.26 Å². The molecule has 170 valence electrons. The molecule has 0 bridgehead atoms. The third-order valence-corrected chi connectivity index (χ3v) is 6.57. The van der Waals surface area contributed by atoms with Gasteiger partial charge >= 0.3 is 0 Å². The van der Waals surface area contributed by atoms with Gasteiger partial charge in [-0.1, -0.05) is 71.7 Å². The summed E-state index contributed by atoms with van der Waals surface area (Å²) in [6.45, 7) is 2.78. The number of halogens is 3. The Hall–Kier alpha value is -2.97. The van der Waals surface area contributed by atoms with E-state index in [4.69, 9.17) is 32.7 Å². The van der Waals surface area contributed by atoms with Crippen molar-refractivity contribution < 1.29 is 9.47 Å². The van der Waals surface area contributed by atoms with Crippen LogP contribution in [0.5, 0.6) is 11.5 Å². The van der Waals surface area contributed by atoms with Gasteiger partial charge in [-0.3, -0.25) is 0 Å². The zero-order chi connectivity index (χ0) is 24.1. The summed E-state index contributed by atoms with van der Waals surface area (Å²) < 4.78 is 12.8. The van der Waals surface area contributed by atoms with Gasteiger partial charge in [0.05, 0.1) is 32.8 Å². The van der Waals surface area contributed by atoms with Crippen LogP contribution in [0.2, 0.25) is 10.0 Å². The predicted molar refractivity (Wildman–Crippen MR) is 144 cm³/mol. The first-order chi connectivity index (χ1) is 16.5. The van der Waals surface area contributed by atoms with E-state index in [1.165, 1.54) is 5.39 Å². The zero-order valence-electron chi connectivity index (χ0n) is 18.3. The molecule has 0 fully saturated rings. The molecule has 0 saturated carbocycles. The summed E-state index contributed by atoms with van der Waals surface area (Å²) in [4.78, 5) is 0. The summed E-state index contributed by atoms with van der Waals surface area (Å²) in [7, 11) is 0. The maximum absolute atomic E-state index is 9.73. The molecule has 0 amide bonds. The van der Waals surface area contributed by atoms with Crippen LogP contribution in [0.1, 0.15) is 23.6 Å². The van der Waals surface area contributed by atoms with Crippen LogP contribution in [0.3, 0.4) is 0 Å². The molecule has 6 heteroatoms. The molecular weight excluding hydrogens is 533 g/mol. The highest BCUT2D eigenvalue weighted by Gasteiger charge is 2.14. The summed E-state index contributed by atoms with van der Waals surface area (Å²) >= 11 is 15.8. The Morgan fingerprint density at radius 3 is 2.53 bits per heavy atom. The molecule has 0 aromatic heterocycles. The minimum absolute atomic E-state index is 0.391. The van der Waals surface area contributed by atoms with E-state index in [2.05, 4.69) is 46.3 Å². The highest BCUT2D eigenvalue weighted by molar-refractivity contribution is 9.10. The van der Waals surface area contributed by atoms with Crippen molar-refractivity contribution in [2.45, 2.75) is 13.5 Å². The average molecular weight is 553 g/mol. The molecule has 0 aliphatic carbocycles. The minimum Gasteiger partial charge on any atom is -0.490 e. The first-order valence-corrected chi connectivity index (χ1v) is 12.2. The summed E-state index contributed by atoms with van der Waals surface area (Å²) in [6.07, 6.45) is 1.78. The van der Waals surface area contributed by atoms with E-state index >= 15 is 0 Å². The third kappa shape index (κ3) is 5.39. The summed E-state index contributed by atoms with van der Waals surface area (Å²) in [6, 6.07) is 25.5. The Kier molecular flexibility index (Phi) is 7.80. The van der Waals surface area contributed by atoms with Gasteiger partial charge in [0.2, 0.25) is 0 Å². The second-order valence-electron chi connectivity index (χ2n) is 7.49. The standard InChI is InChI=1S/C28H20BrCl2NO2/c1-2-33-27-14-18(12-22(16-32)20-10-11-25(30)26(31)15-20)13-24(29)28(27)34-17-21-8-5-7-19-6-3-4-9-23(19)21/h3-15H,2,17H2,1H3/b22-12-. The number of allylic oxidation sites excluding steroid dienone is 1. The number of hydrogen-bond acceptors (Lipinski definition) is 3. The minimum atomic E-state index is 0.391. The van der Waals surface area contributed by atoms with Crippen molar-refractivity contribution in [2.24, 2.45) is 0 Å². The fourth-order valence-electron chi connectivity index (χ4n) is 3.65. The van der Waals surface area contributed by atoms with E-state index in [-0.39, 0.29) is 0 Å². The van der Waals surface area contributed by atoms with E-state index in [0.29, 0.717) is 45.9 Å². The smallest absolute Gasteiger partial charge is 0.175 e. The Morgan fingerprint density at radius 2 is 1.76 bits per heavy atom. The van der Waals surface area contributed by atoms with Crippen LogP contribution in [-0.2, 0) is 6.61 Å². The van der Waals surface area contributed by atoms with E-state index in [0.717, 1.165) is 21.0 Å². The van der Waals surface area contributed by atoms with Gasteiger partial charge in [-0.2, -0.15) is 5.26 Å². The molecule has 3 nitrogen and oxygen atoms in total. The van der Waals surface area contributed by atoms with Crippen molar-refractivity contribution in [1.82, 2.24) is 0 Å². The van der Waals surface area contributed by atoms with E-state index in [9.17, 15) is 5.26 Å². The van der Waals surface area contributed by atoms with Crippen molar-refractivity contribution >= 4 is 61.6 Å². The van der Waals surface area contributed by atoms with Gasteiger partial charge in [0.1, 0.15) is 6.61 Å². The molecule has 4 rings (SSSR count). The molecule has 0 saturated heterocycles. The first kappa shape index (κ1) is 24.2. The van der Waals surface area contributed by atoms with Crippen molar-refractivity contribution in [3.8, 4) is 17.6 Å². The van der Waals surface area contributed by atoms with Gasteiger partial charge in [0.25, 0.3) is 0 Å². The van der Waals surface area contributed by atoms with Gasteiger partial charge in [-0.25, -0.2) is 0 Å². The number of hydrogen-bond donors (Lipinski definition) is 0. The first-order valence-electron chi connectivity index (χ1n) is 10.6. The molecule has 0 heterocycles. The fourth-order valence-corrected chi connectivity index (χ4v) is 4.53. The molecule has 0 N–H and O–H groups in total. The topological polar surface area (TPSA) is 42.2 Å². The number of rotatable bonds is 7. The molecule has 4 aromatic carbocycles. The third-order valence-electron chi connectivity index (χ3n) is 5.25. The van der Waals surface area contributed by atoms with Gasteiger partial charge < -0.3 is 9.47 Å². The SMILES string of the molecule is CCOc1cc(/C=C(/C#N)c2ccc(Cl)c(Cl)c2)cc(Br)c1OCc1cccc2ccccc12. The molecule has 0 unspecified atom stereocenters. The summed E-state index contributed by atoms with van der Waals surface area (Å²) in [5, 5.41) is 12.9. The highest BCUT2D eigenvalue weighted by atomic mass is 79.9. The predicted octanol–water partition coefficient (Wildman–Crippen LogP) is 8.95. The van der Waals surface area contributed by atoms with Crippen LogP contribution < -0.4 is 9.47 Å². The summed E-state index contributed by atoms with van der Waals surface area (Å²) in [5.41, 5.74) is 3.01. The monoisotopic (exact) mass is 551 g/mol. The fraction of sp³-hybridized carbons (Fsp3) is 0.107.